The van der Waals surface area contributed by atoms with Crippen LogP contribution in [0.25, 0.3) is 0 Å². The minimum Gasteiger partial charge on any atom is -0.258 e. The predicted molar refractivity (Wildman–Crippen MR) is 112 cm³/mol. The van der Waals surface area contributed by atoms with Crippen molar-refractivity contribution >= 4 is 30.9 Å². The van der Waals surface area contributed by atoms with E-state index in [1.54, 1.807) is 12.1 Å². The molecule has 0 aliphatic heterocycles. The fourth-order valence-electron chi connectivity index (χ4n) is 2.24. The van der Waals surface area contributed by atoms with Gasteiger partial charge in [0.1, 0.15) is 5.56 Å². The summed E-state index contributed by atoms with van der Waals surface area (Å²) in [6, 6.07) is 19.7. The maximum Gasteiger partial charge on any atom is 0.286 e. The van der Waals surface area contributed by atoms with E-state index in [-0.39, 0.29) is 5.69 Å². The van der Waals surface area contributed by atoms with E-state index in [9.17, 15) is 10.1 Å². The minimum absolute atomic E-state index is 0.0512. The van der Waals surface area contributed by atoms with Crippen molar-refractivity contribution in [1.82, 2.24) is 0 Å². The Balaban J connectivity index is 1.79. The van der Waals surface area contributed by atoms with Crippen LogP contribution in [0, 0.1) is 33.8 Å². The molecule has 0 unspecified atom stereocenters. The molecule has 0 bridgehead atoms. The number of nitro groups is 1. The van der Waals surface area contributed by atoms with Crippen molar-refractivity contribution in [2.45, 2.75) is 9.79 Å². The van der Waals surface area contributed by atoms with Gasteiger partial charge in [-0.25, -0.2) is 0 Å². The van der Waals surface area contributed by atoms with Gasteiger partial charge in [0.05, 0.1) is 4.92 Å². The molecule has 27 heavy (non-hydrogen) atoms. The van der Waals surface area contributed by atoms with Gasteiger partial charge in [0.15, 0.2) is 0 Å². The number of rotatable bonds is 1. The highest BCUT2D eigenvalue weighted by Crippen LogP contribution is 2.21. The first kappa shape index (κ1) is 18.7. The molecule has 5 heteroatoms. The van der Waals surface area contributed by atoms with Gasteiger partial charge in [-0.3, -0.25) is 10.1 Å². The van der Waals surface area contributed by atoms with E-state index in [0.717, 1.165) is 21.6 Å². The van der Waals surface area contributed by atoms with Crippen molar-refractivity contribution in [3.05, 3.63) is 99.1 Å². The molecule has 0 atom stereocenters. The zero-order valence-electron chi connectivity index (χ0n) is 14.0. The van der Waals surface area contributed by atoms with Gasteiger partial charge in [-0.1, -0.05) is 23.7 Å². The summed E-state index contributed by atoms with van der Waals surface area (Å²) in [5.41, 5.74) is 2.83. The lowest BCUT2D eigenvalue weighted by molar-refractivity contribution is -0.385. The molecule has 0 spiro atoms. The molecule has 0 aromatic heterocycles. The monoisotopic (exact) mass is 387 g/mol. The Bertz CT molecular complexity index is 1110. The summed E-state index contributed by atoms with van der Waals surface area (Å²) >= 11 is 8.37. The third-order valence-electron chi connectivity index (χ3n) is 3.62. The Morgan fingerprint density at radius 1 is 0.667 bits per heavy atom. The summed E-state index contributed by atoms with van der Waals surface area (Å²) in [6.45, 7) is 0. The summed E-state index contributed by atoms with van der Waals surface area (Å²) in [5.74, 6) is 12.0. The van der Waals surface area contributed by atoms with Gasteiger partial charge in [0.25, 0.3) is 5.69 Å². The minimum atomic E-state index is -0.456. The number of benzene rings is 3. The molecule has 0 saturated heterocycles. The van der Waals surface area contributed by atoms with Crippen molar-refractivity contribution < 1.29 is 4.92 Å². The molecular weight excluding hydrogens is 374 g/mol. The standard InChI is InChI=1S/C22H13NO2S2/c24-23(25)22-15-21(27)14-11-19(22)10-7-17-4-1-16(2-5-17)3-6-18-8-12-20(26)13-9-18/h1-2,4-5,8-9,11-15,26-27H. The Morgan fingerprint density at radius 3 is 1.63 bits per heavy atom. The highest BCUT2D eigenvalue weighted by atomic mass is 32.1. The van der Waals surface area contributed by atoms with Crippen LogP contribution < -0.4 is 0 Å². The first-order valence-corrected chi connectivity index (χ1v) is 8.81. The van der Waals surface area contributed by atoms with Crippen molar-refractivity contribution in [2.24, 2.45) is 0 Å². The Kier molecular flexibility index (Phi) is 5.88. The molecule has 0 saturated carbocycles. The molecule has 0 aliphatic rings. The van der Waals surface area contributed by atoms with Gasteiger partial charge in [-0.2, -0.15) is 0 Å². The van der Waals surface area contributed by atoms with Crippen LogP contribution in [0.4, 0.5) is 5.69 Å². The maximum absolute atomic E-state index is 11.1. The molecular formula is C22H13NO2S2. The van der Waals surface area contributed by atoms with Crippen LogP contribution in [0.15, 0.2) is 76.5 Å². The summed E-state index contributed by atoms with van der Waals surface area (Å²) in [4.78, 5) is 12.1. The lowest BCUT2D eigenvalue weighted by Crippen LogP contribution is -1.92. The first-order valence-electron chi connectivity index (χ1n) is 7.92. The fourth-order valence-corrected chi connectivity index (χ4v) is 2.59. The van der Waals surface area contributed by atoms with Gasteiger partial charge < -0.3 is 0 Å². The lowest BCUT2D eigenvalue weighted by Gasteiger charge is -1.97. The molecule has 3 nitrogen and oxygen atoms in total. The van der Waals surface area contributed by atoms with Crippen LogP contribution in [0.3, 0.4) is 0 Å². The van der Waals surface area contributed by atoms with E-state index < -0.39 is 4.92 Å². The molecule has 0 radical (unpaired) electrons. The van der Waals surface area contributed by atoms with E-state index in [4.69, 9.17) is 0 Å². The average molecular weight is 387 g/mol. The Hall–Kier alpha value is -3.12. The second-order valence-electron chi connectivity index (χ2n) is 5.58. The van der Waals surface area contributed by atoms with Crippen LogP contribution in [-0.4, -0.2) is 4.92 Å². The van der Waals surface area contributed by atoms with Crippen LogP contribution >= 0.6 is 25.3 Å². The fraction of sp³-hybridized carbons (Fsp3) is 0. The number of nitrogens with zero attached hydrogens (tertiary/aromatic N) is 1. The van der Waals surface area contributed by atoms with Gasteiger partial charge >= 0.3 is 0 Å². The van der Waals surface area contributed by atoms with Crippen LogP contribution in [-0.2, 0) is 0 Å². The van der Waals surface area contributed by atoms with Crippen molar-refractivity contribution in [1.29, 1.82) is 0 Å². The van der Waals surface area contributed by atoms with E-state index in [0.29, 0.717) is 10.5 Å². The molecule has 0 N–H and O–H groups in total. The normalized spacial score (nSPS) is 9.56. The number of nitro benzene ring substituents is 1. The Labute approximate surface area is 168 Å². The van der Waals surface area contributed by atoms with Crippen molar-refractivity contribution in [3.63, 3.8) is 0 Å². The predicted octanol–water partition coefficient (Wildman–Crippen LogP) is 4.97. The van der Waals surface area contributed by atoms with E-state index >= 15 is 0 Å². The first-order chi connectivity index (χ1) is 13.0. The maximum atomic E-state index is 11.1. The second kappa shape index (κ2) is 8.51. The van der Waals surface area contributed by atoms with E-state index in [1.165, 1.54) is 6.07 Å². The quantitative estimate of drug-likeness (QED) is 0.268. The van der Waals surface area contributed by atoms with Crippen LogP contribution in [0.2, 0.25) is 0 Å². The molecule has 3 rings (SSSR count). The van der Waals surface area contributed by atoms with Crippen LogP contribution in [0.1, 0.15) is 22.3 Å². The number of thiol groups is 2. The third kappa shape index (κ3) is 5.18. The zero-order valence-corrected chi connectivity index (χ0v) is 15.8. The molecule has 0 fully saturated rings. The van der Waals surface area contributed by atoms with Gasteiger partial charge in [-0.15, -0.1) is 25.3 Å². The van der Waals surface area contributed by atoms with Crippen molar-refractivity contribution in [3.8, 4) is 23.7 Å². The molecule has 0 amide bonds. The SMILES string of the molecule is O=[N+]([O-])c1cc(S)ccc1C#Cc1ccc(C#Cc2ccc(S)cc2)cc1. The summed E-state index contributed by atoms with van der Waals surface area (Å²) in [7, 11) is 0. The Morgan fingerprint density at radius 2 is 1.11 bits per heavy atom. The van der Waals surface area contributed by atoms with Gasteiger partial charge in [0, 0.05) is 32.5 Å². The zero-order chi connectivity index (χ0) is 19.2. The molecule has 0 aliphatic carbocycles. The lowest BCUT2D eigenvalue weighted by atomic mass is 10.1. The molecule has 0 heterocycles. The molecule has 3 aromatic rings. The summed E-state index contributed by atoms with van der Waals surface area (Å²) < 4.78 is 0. The second-order valence-corrected chi connectivity index (χ2v) is 6.62. The summed E-state index contributed by atoms with van der Waals surface area (Å²) in [5, 5.41) is 11.1. The van der Waals surface area contributed by atoms with E-state index in [1.807, 2.05) is 48.5 Å². The molecule has 130 valence electrons. The highest BCUT2D eigenvalue weighted by Gasteiger charge is 2.11. The van der Waals surface area contributed by atoms with Gasteiger partial charge in [-0.05, 0) is 60.7 Å². The topological polar surface area (TPSA) is 43.1 Å². The highest BCUT2D eigenvalue weighted by molar-refractivity contribution is 7.80. The number of hydrogen-bond donors (Lipinski definition) is 2. The summed E-state index contributed by atoms with van der Waals surface area (Å²) in [6.07, 6.45) is 0. The average Bonchev–Trinajstić information content (AvgIpc) is 2.67. The van der Waals surface area contributed by atoms with E-state index in [2.05, 4.69) is 48.9 Å². The number of hydrogen-bond acceptors (Lipinski definition) is 4. The third-order valence-corrected chi connectivity index (χ3v) is 4.20. The smallest absolute Gasteiger partial charge is 0.258 e. The molecule has 3 aromatic carbocycles. The largest absolute Gasteiger partial charge is 0.286 e. The van der Waals surface area contributed by atoms with Crippen molar-refractivity contribution in [2.75, 3.05) is 0 Å². The van der Waals surface area contributed by atoms with Gasteiger partial charge in [0.2, 0.25) is 0 Å². The van der Waals surface area contributed by atoms with Crippen LogP contribution in [0.5, 0.6) is 0 Å².